The molecular weight excluding hydrogens is 200 g/mol. The second kappa shape index (κ2) is 9.73. The molecule has 0 aromatic carbocycles. The van der Waals surface area contributed by atoms with Crippen molar-refractivity contribution in [3.05, 3.63) is 0 Å². The minimum atomic E-state index is -0.655. The van der Waals surface area contributed by atoms with E-state index in [-0.39, 0.29) is 12.7 Å². The van der Waals surface area contributed by atoms with E-state index in [0.29, 0.717) is 26.4 Å². The van der Waals surface area contributed by atoms with Crippen LogP contribution in [0.3, 0.4) is 0 Å². The molecule has 1 unspecified atom stereocenters. The maximum Gasteiger partial charge on any atom is 0.508 e. The molecule has 15 heavy (non-hydrogen) atoms. The number of carbonyl (C=O) groups excluding carboxylic acids is 1. The number of hydrogen-bond acceptors (Lipinski definition) is 5. The van der Waals surface area contributed by atoms with Crippen molar-refractivity contribution >= 4 is 6.16 Å². The number of ether oxygens (including phenoxy) is 4. The van der Waals surface area contributed by atoms with Gasteiger partial charge in [0.1, 0.15) is 6.61 Å². The summed E-state index contributed by atoms with van der Waals surface area (Å²) < 4.78 is 19.8. The van der Waals surface area contributed by atoms with Gasteiger partial charge < -0.3 is 18.9 Å². The molecule has 0 amide bonds. The summed E-state index contributed by atoms with van der Waals surface area (Å²) in [6.45, 7) is 7.73. The Labute approximate surface area is 90.6 Å². The van der Waals surface area contributed by atoms with E-state index in [9.17, 15) is 4.79 Å². The fourth-order valence-electron chi connectivity index (χ4n) is 0.846. The fraction of sp³-hybridized carbons (Fsp3) is 0.900. The summed E-state index contributed by atoms with van der Waals surface area (Å²) in [6.07, 6.45) is -0.798. The smallest absolute Gasteiger partial charge is 0.435 e. The molecule has 0 saturated heterocycles. The Bertz CT molecular complexity index is 160. The molecule has 0 radical (unpaired) electrons. The SMILES string of the molecule is CCOCCOC(C)COC(=O)OCC. The second-order valence-electron chi connectivity index (χ2n) is 2.87. The predicted molar refractivity (Wildman–Crippen MR) is 54.9 cm³/mol. The third-order valence-electron chi connectivity index (χ3n) is 1.53. The van der Waals surface area contributed by atoms with Crippen LogP contribution in [0.1, 0.15) is 20.8 Å². The molecule has 5 nitrogen and oxygen atoms in total. The van der Waals surface area contributed by atoms with E-state index in [2.05, 4.69) is 4.74 Å². The van der Waals surface area contributed by atoms with Gasteiger partial charge in [-0.05, 0) is 20.8 Å². The first-order chi connectivity index (χ1) is 7.20. The summed E-state index contributed by atoms with van der Waals surface area (Å²) in [5, 5.41) is 0. The number of carbonyl (C=O) groups is 1. The summed E-state index contributed by atoms with van der Waals surface area (Å²) in [5.41, 5.74) is 0. The van der Waals surface area contributed by atoms with Gasteiger partial charge in [-0.2, -0.15) is 0 Å². The lowest BCUT2D eigenvalue weighted by atomic mass is 10.4. The van der Waals surface area contributed by atoms with Gasteiger partial charge in [-0.15, -0.1) is 0 Å². The zero-order valence-electron chi connectivity index (χ0n) is 9.65. The second-order valence-corrected chi connectivity index (χ2v) is 2.87. The molecule has 0 N–H and O–H groups in total. The van der Waals surface area contributed by atoms with Crippen LogP contribution in [-0.4, -0.2) is 45.3 Å². The van der Waals surface area contributed by atoms with Crippen LogP contribution in [0.4, 0.5) is 4.79 Å². The fourth-order valence-corrected chi connectivity index (χ4v) is 0.846. The molecule has 0 aliphatic rings. The Hall–Kier alpha value is -0.810. The number of hydrogen-bond donors (Lipinski definition) is 0. The van der Waals surface area contributed by atoms with E-state index < -0.39 is 6.16 Å². The van der Waals surface area contributed by atoms with Crippen LogP contribution in [0.5, 0.6) is 0 Å². The molecule has 0 spiro atoms. The third-order valence-corrected chi connectivity index (χ3v) is 1.53. The minimum absolute atomic E-state index is 0.144. The Morgan fingerprint density at radius 3 is 2.47 bits per heavy atom. The van der Waals surface area contributed by atoms with E-state index in [1.54, 1.807) is 6.92 Å². The zero-order chi connectivity index (χ0) is 11.5. The van der Waals surface area contributed by atoms with Gasteiger partial charge in [-0.1, -0.05) is 0 Å². The van der Waals surface area contributed by atoms with Crippen LogP contribution in [0.2, 0.25) is 0 Å². The summed E-state index contributed by atoms with van der Waals surface area (Å²) in [5.74, 6) is 0. The lowest BCUT2D eigenvalue weighted by molar-refractivity contribution is -0.0260. The lowest BCUT2D eigenvalue weighted by Gasteiger charge is -2.12. The van der Waals surface area contributed by atoms with E-state index in [1.807, 2.05) is 13.8 Å². The van der Waals surface area contributed by atoms with Crippen LogP contribution in [0.25, 0.3) is 0 Å². The van der Waals surface area contributed by atoms with Gasteiger partial charge in [-0.3, -0.25) is 0 Å². The average molecular weight is 220 g/mol. The molecule has 0 bridgehead atoms. The highest BCUT2D eigenvalue weighted by molar-refractivity contribution is 5.59. The minimum Gasteiger partial charge on any atom is -0.435 e. The van der Waals surface area contributed by atoms with Crippen molar-refractivity contribution in [3.63, 3.8) is 0 Å². The van der Waals surface area contributed by atoms with Crippen molar-refractivity contribution in [2.75, 3.05) is 33.0 Å². The molecule has 0 fully saturated rings. The van der Waals surface area contributed by atoms with Crippen molar-refractivity contribution in [1.29, 1.82) is 0 Å². The van der Waals surface area contributed by atoms with Crippen LogP contribution in [0.15, 0.2) is 0 Å². The van der Waals surface area contributed by atoms with Crippen LogP contribution in [-0.2, 0) is 18.9 Å². The highest BCUT2D eigenvalue weighted by atomic mass is 16.7. The van der Waals surface area contributed by atoms with Gasteiger partial charge in [0.05, 0.1) is 25.9 Å². The average Bonchev–Trinajstić information content (AvgIpc) is 2.22. The largest absolute Gasteiger partial charge is 0.508 e. The topological polar surface area (TPSA) is 54.0 Å². The summed E-state index contributed by atoms with van der Waals surface area (Å²) >= 11 is 0. The summed E-state index contributed by atoms with van der Waals surface area (Å²) in [4.78, 5) is 10.8. The van der Waals surface area contributed by atoms with E-state index in [0.717, 1.165) is 0 Å². The molecule has 0 aliphatic carbocycles. The Kier molecular flexibility index (Phi) is 9.21. The van der Waals surface area contributed by atoms with Gasteiger partial charge in [0.2, 0.25) is 0 Å². The zero-order valence-corrected chi connectivity index (χ0v) is 9.65. The molecule has 0 aromatic heterocycles. The van der Waals surface area contributed by atoms with E-state index in [1.165, 1.54) is 0 Å². The van der Waals surface area contributed by atoms with Crippen molar-refractivity contribution in [3.8, 4) is 0 Å². The summed E-state index contributed by atoms with van der Waals surface area (Å²) in [7, 11) is 0. The van der Waals surface area contributed by atoms with Crippen molar-refractivity contribution in [2.24, 2.45) is 0 Å². The van der Waals surface area contributed by atoms with Crippen LogP contribution < -0.4 is 0 Å². The standard InChI is InChI=1S/C10H20O5/c1-4-12-6-7-14-9(3)8-15-10(11)13-5-2/h9H,4-8H2,1-3H3. The first-order valence-corrected chi connectivity index (χ1v) is 5.19. The van der Waals surface area contributed by atoms with Gasteiger partial charge in [0.25, 0.3) is 0 Å². The van der Waals surface area contributed by atoms with Crippen molar-refractivity contribution in [1.82, 2.24) is 0 Å². The molecule has 0 aromatic rings. The summed E-state index contributed by atoms with van der Waals surface area (Å²) in [6, 6.07) is 0. The predicted octanol–water partition coefficient (Wildman–Crippen LogP) is 1.60. The molecule has 0 aliphatic heterocycles. The quantitative estimate of drug-likeness (QED) is 0.459. The molecule has 5 heteroatoms. The van der Waals surface area contributed by atoms with Crippen LogP contribution >= 0.6 is 0 Å². The highest BCUT2D eigenvalue weighted by Gasteiger charge is 2.07. The Balaban J connectivity index is 3.32. The maximum atomic E-state index is 10.8. The lowest BCUT2D eigenvalue weighted by Crippen LogP contribution is -2.21. The monoisotopic (exact) mass is 220 g/mol. The molecule has 90 valence electrons. The molecule has 0 rings (SSSR count). The van der Waals surface area contributed by atoms with Crippen LogP contribution in [0, 0.1) is 0 Å². The maximum absolute atomic E-state index is 10.8. The molecule has 0 heterocycles. The first kappa shape index (κ1) is 14.2. The van der Waals surface area contributed by atoms with Gasteiger partial charge in [-0.25, -0.2) is 4.79 Å². The Morgan fingerprint density at radius 2 is 1.87 bits per heavy atom. The third kappa shape index (κ3) is 9.49. The van der Waals surface area contributed by atoms with Gasteiger partial charge in [0.15, 0.2) is 0 Å². The highest BCUT2D eigenvalue weighted by Crippen LogP contribution is 1.94. The van der Waals surface area contributed by atoms with Gasteiger partial charge in [0, 0.05) is 6.61 Å². The van der Waals surface area contributed by atoms with Crippen molar-refractivity contribution in [2.45, 2.75) is 26.9 Å². The van der Waals surface area contributed by atoms with Crippen molar-refractivity contribution < 1.29 is 23.7 Å². The molecular formula is C10H20O5. The van der Waals surface area contributed by atoms with E-state index in [4.69, 9.17) is 14.2 Å². The Morgan fingerprint density at radius 1 is 1.13 bits per heavy atom. The molecule has 1 atom stereocenters. The first-order valence-electron chi connectivity index (χ1n) is 5.19. The normalized spacial score (nSPS) is 12.2. The molecule has 0 saturated carbocycles. The van der Waals surface area contributed by atoms with E-state index >= 15 is 0 Å². The van der Waals surface area contributed by atoms with Gasteiger partial charge >= 0.3 is 6.16 Å². The number of rotatable bonds is 8.